The average Bonchev–Trinajstić information content (AvgIpc) is 3.23. The lowest BCUT2D eigenvalue weighted by molar-refractivity contribution is 0.125. The maximum Gasteiger partial charge on any atom is 0.411 e. The van der Waals surface area contributed by atoms with Crippen LogP contribution in [0.4, 0.5) is 15.3 Å². The average molecular weight is 478 g/mol. The smallest absolute Gasteiger partial charge is 0.411 e. The van der Waals surface area contributed by atoms with Gasteiger partial charge in [-0.1, -0.05) is 19.3 Å². The molecule has 1 aromatic carbocycles. The van der Waals surface area contributed by atoms with Gasteiger partial charge < -0.3 is 19.9 Å². The van der Waals surface area contributed by atoms with Gasteiger partial charge in [-0.2, -0.15) is 0 Å². The number of amides is 2. The SMILES string of the molecule is CC(C)OC(N)=O.COc1cc(NC(=O)OC(C)C)ccc1-c1cnc(C2CCCCC2)s1. The van der Waals surface area contributed by atoms with Crippen LogP contribution in [0.5, 0.6) is 5.75 Å². The Kier molecular flexibility index (Phi) is 10.4. The lowest BCUT2D eigenvalue weighted by Gasteiger charge is -2.18. The number of hydrogen-bond donors (Lipinski definition) is 2. The van der Waals surface area contributed by atoms with Crippen LogP contribution < -0.4 is 15.8 Å². The number of rotatable bonds is 6. The molecule has 1 fully saturated rings. The van der Waals surface area contributed by atoms with Crippen LogP contribution in [0, 0.1) is 0 Å². The third-order valence-electron chi connectivity index (χ3n) is 4.89. The molecule has 1 aliphatic carbocycles. The molecule has 0 aliphatic heterocycles. The Hall–Kier alpha value is -2.81. The van der Waals surface area contributed by atoms with Gasteiger partial charge in [-0.05, 0) is 52.7 Å². The van der Waals surface area contributed by atoms with Crippen molar-refractivity contribution in [2.75, 3.05) is 12.4 Å². The lowest BCUT2D eigenvalue weighted by atomic mass is 9.90. The molecule has 1 aromatic heterocycles. The van der Waals surface area contributed by atoms with Gasteiger partial charge in [-0.15, -0.1) is 11.3 Å². The third kappa shape index (κ3) is 8.92. The number of carbonyl (C=O) groups is 2. The minimum absolute atomic E-state index is 0.0995. The molecule has 1 aliphatic rings. The number of nitrogens with two attached hydrogens (primary N) is 1. The highest BCUT2D eigenvalue weighted by molar-refractivity contribution is 7.15. The highest BCUT2D eigenvalue weighted by Crippen LogP contribution is 2.40. The number of ether oxygens (including phenoxy) is 3. The van der Waals surface area contributed by atoms with E-state index in [0.717, 1.165) is 10.4 Å². The molecule has 3 rings (SSSR count). The second kappa shape index (κ2) is 13.0. The van der Waals surface area contributed by atoms with Crippen LogP contribution in [-0.2, 0) is 9.47 Å². The van der Waals surface area contributed by atoms with Gasteiger partial charge in [0.1, 0.15) is 5.75 Å². The summed E-state index contributed by atoms with van der Waals surface area (Å²) in [6.45, 7) is 7.11. The fraction of sp³-hybridized carbons (Fsp3) is 0.542. The van der Waals surface area contributed by atoms with Crippen LogP contribution in [-0.4, -0.2) is 36.5 Å². The van der Waals surface area contributed by atoms with Crippen LogP contribution >= 0.6 is 11.3 Å². The maximum absolute atomic E-state index is 11.8. The Bertz CT molecular complexity index is 907. The summed E-state index contributed by atoms with van der Waals surface area (Å²) in [5.74, 6) is 1.31. The Balaban J connectivity index is 0.000000479. The molecule has 2 aromatic rings. The van der Waals surface area contributed by atoms with Crippen molar-refractivity contribution >= 4 is 29.2 Å². The summed E-state index contributed by atoms with van der Waals surface area (Å²) in [6.07, 6.45) is 6.93. The number of aromatic nitrogens is 1. The Morgan fingerprint density at radius 1 is 1.09 bits per heavy atom. The summed E-state index contributed by atoms with van der Waals surface area (Å²) in [6, 6.07) is 5.64. The molecule has 0 spiro atoms. The van der Waals surface area contributed by atoms with Crippen molar-refractivity contribution in [1.82, 2.24) is 4.98 Å². The highest BCUT2D eigenvalue weighted by Gasteiger charge is 2.20. The quantitative estimate of drug-likeness (QED) is 0.504. The Morgan fingerprint density at radius 2 is 1.76 bits per heavy atom. The molecule has 8 nitrogen and oxygen atoms in total. The number of benzene rings is 1. The van der Waals surface area contributed by atoms with Crippen molar-refractivity contribution < 1.29 is 23.8 Å². The van der Waals surface area contributed by atoms with Gasteiger partial charge in [0.05, 0.1) is 29.2 Å². The van der Waals surface area contributed by atoms with E-state index in [2.05, 4.69) is 20.8 Å². The fourth-order valence-electron chi connectivity index (χ4n) is 3.52. The predicted molar refractivity (Wildman–Crippen MR) is 131 cm³/mol. The van der Waals surface area contributed by atoms with Crippen molar-refractivity contribution in [2.45, 2.75) is 77.9 Å². The summed E-state index contributed by atoms with van der Waals surface area (Å²) in [7, 11) is 1.64. The molecule has 0 unspecified atom stereocenters. The lowest BCUT2D eigenvalue weighted by Crippen LogP contribution is -2.17. The van der Waals surface area contributed by atoms with E-state index in [-0.39, 0.29) is 12.2 Å². The van der Waals surface area contributed by atoms with Crippen molar-refractivity contribution in [1.29, 1.82) is 0 Å². The van der Waals surface area contributed by atoms with E-state index < -0.39 is 12.2 Å². The Morgan fingerprint density at radius 3 is 2.30 bits per heavy atom. The molecule has 0 radical (unpaired) electrons. The molecule has 1 heterocycles. The Labute approximate surface area is 199 Å². The molecule has 33 heavy (non-hydrogen) atoms. The van der Waals surface area contributed by atoms with Crippen LogP contribution in [0.1, 0.15) is 70.7 Å². The van der Waals surface area contributed by atoms with Crippen LogP contribution in [0.2, 0.25) is 0 Å². The molecular formula is C24H35N3O5S. The van der Waals surface area contributed by atoms with Crippen molar-refractivity contribution in [3.63, 3.8) is 0 Å². The van der Waals surface area contributed by atoms with E-state index in [9.17, 15) is 9.59 Å². The zero-order valence-corrected chi connectivity index (χ0v) is 20.9. The minimum atomic E-state index is -0.713. The number of methoxy groups -OCH3 is 1. The maximum atomic E-state index is 11.8. The number of carbonyl (C=O) groups excluding carboxylic acids is 2. The van der Waals surface area contributed by atoms with E-state index in [1.54, 1.807) is 32.3 Å². The molecular weight excluding hydrogens is 442 g/mol. The van der Waals surface area contributed by atoms with E-state index in [4.69, 9.17) is 9.47 Å². The van der Waals surface area contributed by atoms with Crippen molar-refractivity contribution in [3.05, 3.63) is 29.4 Å². The first kappa shape index (κ1) is 26.4. The molecule has 2 amide bonds. The van der Waals surface area contributed by atoms with Gasteiger partial charge >= 0.3 is 12.2 Å². The number of thiazole rings is 1. The first-order valence-corrected chi connectivity index (χ1v) is 12.1. The summed E-state index contributed by atoms with van der Waals surface area (Å²) in [5, 5.41) is 3.96. The zero-order valence-electron chi connectivity index (χ0n) is 20.1. The third-order valence-corrected chi connectivity index (χ3v) is 6.08. The predicted octanol–water partition coefficient (Wildman–Crippen LogP) is 6.31. The second-order valence-corrected chi connectivity index (χ2v) is 9.44. The van der Waals surface area contributed by atoms with E-state index >= 15 is 0 Å². The van der Waals surface area contributed by atoms with Crippen molar-refractivity contribution in [3.8, 4) is 16.2 Å². The molecule has 0 atom stereocenters. The molecule has 182 valence electrons. The monoisotopic (exact) mass is 477 g/mol. The number of nitrogens with zero attached hydrogens (tertiary/aromatic N) is 1. The summed E-state index contributed by atoms with van der Waals surface area (Å²) in [4.78, 5) is 27.3. The van der Waals surface area contributed by atoms with Crippen LogP contribution in [0.15, 0.2) is 24.4 Å². The number of hydrogen-bond acceptors (Lipinski definition) is 7. The largest absolute Gasteiger partial charge is 0.496 e. The van der Waals surface area contributed by atoms with Gasteiger partial charge in [0.2, 0.25) is 0 Å². The molecule has 9 heteroatoms. The summed E-state index contributed by atoms with van der Waals surface area (Å²) < 4.78 is 15.0. The fourth-order valence-corrected chi connectivity index (χ4v) is 4.63. The molecule has 0 bridgehead atoms. The second-order valence-electron chi connectivity index (χ2n) is 8.38. The van der Waals surface area contributed by atoms with Gasteiger partial charge in [-0.3, -0.25) is 5.32 Å². The van der Waals surface area contributed by atoms with Gasteiger partial charge in [0.15, 0.2) is 0 Å². The first-order chi connectivity index (χ1) is 15.7. The van der Waals surface area contributed by atoms with Crippen LogP contribution in [0.25, 0.3) is 10.4 Å². The number of primary amides is 1. The normalized spacial score (nSPS) is 13.8. The van der Waals surface area contributed by atoms with E-state index in [0.29, 0.717) is 17.4 Å². The van der Waals surface area contributed by atoms with E-state index in [1.165, 1.54) is 37.1 Å². The van der Waals surface area contributed by atoms with Gasteiger partial charge in [0.25, 0.3) is 0 Å². The number of anilines is 1. The summed E-state index contributed by atoms with van der Waals surface area (Å²) >= 11 is 1.75. The first-order valence-electron chi connectivity index (χ1n) is 11.3. The number of nitrogens with one attached hydrogen (secondary N) is 1. The van der Waals surface area contributed by atoms with E-state index in [1.807, 2.05) is 38.2 Å². The minimum Gasteiger partial charge on any atom is -0.496 e. The van der Waals surface area contributed by atoms with Crippen LogP contribution in [0.3, 0.4) is 0 Å². The van der Waals surface area contributed by atoms with Crippen molar-refractivity contribution in [2.24, 2.45) is 5.73 Å². The summed E-state index contributed by atoms with van der Waals surface area (Å²) in [5.41, 5.74) is 6.27. The van der Waals surface area contributed by atoms with Gasteiger partial charge in [-0.25, -0.2) is 14.6 Å². The zero-order chi connectivity index (χ0) is 24.4. The van der Waals surface area contributed by atoms with Gasteiger partial charge in [0, 0.05) is 29.4 Å². The molecule has 1 saturated carbocycles. The standard InChI is InChI=1S/C20H26N2O3S.C4H9NO2/c1-13(2)25-20(23)22-15-9-10-16(17(11-15)24-3)18-12-21-19(26-18)14-7-5-4-6-8-14;1-3(2)7-4(5)6/h9-14H,4-8H2,1-3H3,(H,22,23);3H,1-2H3,(H2,5,6). The topological polar surface area (TPSA) is 113 Å². The highest BCUT2D eigenvalue weighted by atomic mass is 32.1. The molecule has 0 saturated heterocycles. The molecule has 3 N–H and O–H groups in total.